The molecule has 0 aliphatic rings. The van der Waals surface area contributed by atoms with Crippen LogP contribution in [0.1, 0.15) is 11.4 Å². The monoisotopic (exact) mass is 252 g/mol. The maximum absolute atomic E-state index is 4.13. The van der Waals surface area contributed by atoms with E-state index in [1.807, 2.05) is 26.0 Å². The normalized spacial score (nSPS) is 10.5. The van der Waals surface area contributed by atoms with E-state index in [0.29, 0.717) is 0 Å². The first-order valence-electron chi connectivity index (χ1n) is 4.20. The van der Waals surface area contributed by atoms with Gasteiger partial charge >= 0.3 is 0 Å². The van der Waals surface area contributed by atoms with Crippen molar-refractivity contribution in [3.63, 3.8) is 0 Å². The van der Waals surface area contributed by atoms with E-state index in [1.165, 1.54) is 0 Å². The molecule has 2 rings (SSSR count). The van der Waals surface area contributed by atoms with Crippen molar-refractivity contribution in [2.75, 3.05) is 0 Å². The Morgan fingerprint density at radius 1 is 1.36 bits per heavy atom. The number of hydrogen-bond acceptors (Lipinski definition) is 3. The lowest BCUT2D eigenvalue weighted by atomic mass is 10.3. The second kappa shape index (κ2) is 3.49. The van der Waals surface area contributed by atoms with Crippen molar-refractivity contribution in [1.29, 1.82) is 0 Å². The topological polar surface area (TPSA) is 43.6 Å². The van der Waals surface area contributed by atoms with Gasteiger partial charge in [-0.25, -0.2) is 9.67 Å². The van der Waals surface area contributed by atoms with Crippen LogP contribution in [0.3, 0.4) is 0 Å². The average Bonchev–Trinajstić information content (AvgIpc) is 2.49. The summed E-state index contributed by atoms with van der Waals surface area (Å²) < 4.78 is 2.54. The van der Waals surface area contributed by atoms with E-state index in [4.69, 9.17) is 0 Å². The predicted molar refractivity (Wildman–Crippen MR) is 56.3 cm³/mol. The van der Waals surface area contributed by atoms with E-state index in [1.54, 1.807) is 10.9 Å². The molecule has 0 aliphatic carbocycles. The van der Waals surface area contributed by atoms with E-state index >= 15 is 0 Å². The molecule has 0 unspecified atom stereocenters. The zero-order chi connectivity index (χ0) is 10.1. The molecule has 0 bridgehead atoms. The van der Waals surface area contributed by atoms with Crippen molar-refractivity contribution in [3.05, 3.63) is 34.3 Å². The Bertz CT molecular complexity index is 464. The molecular weight excluding hydrogens is 244 g/mol. The summed E-state index contributed by atoms with van der Waals surface area (Å²) in [5.41, 5.74) is 2.87. The summed E-state index contributed by atoms with van der Waals surface area (Å²) in [5, 5.41) is 8.04. The first-order chi connectivity index (χ1) is 6.70. The first kappa shape index (κ1) is 9.33. The summed E-state index contributed by atoms with van der Waals surface area (Å²) in [4.78, 5) is 4.13. The molecule has 5 heteroatoms. The van der Waals surface area contributed by atoms with Crippen molar-refractivity contribution >= 4 is 15.9 Å². The number of pyridine rings is 1. The molecule has 0 aromatic carbocycles. The van der Waals surface area contributed by atoms with Crippen LogP contribution in [0.4, 0.5) is 0 Å². The highest BCUT2D eigenvalue weighted by Crippen LogP contribution is 2.18. The molecule has 0 amide bonds. The number of halogens is 1. The van der Waals surface area contributed by atoms with Gasteiger partial charge in [-0.2, -0.15) is 0 Å². The third kappa shape index (κ3) is 1.43. The molecule has 0 aliphatic heterocycles. The smallest absolute Gasteiger partial charge is 0.131 e. The SMILES string of the molecule is Cc1nnn(-c2cccnc2Br)c1C. The van der Waals surface area contributed by atoms with E-state index < -0.39 is 0 Å². The van der Waals surface area contributed by atoms with Crippen LogP contribution in [0.25, 0.3) is 5.69 Å². The maximum Gasteiger partial charge on any atom is 0.131 e. The van der Waals surface area contributed by atoms with Crippen LogP contribution in [-0.4, -0.2) is 20.0 Å². The molecular formula is C9H9BrN4. The number of hydrogen-bond donors (Lipinski definition) is 0. The summed E-state index contributed by atoms with van der Waals surface area (Å²) in [6.07, 6.45) is 1.73. The summed E-state index contributed by atoms with van der Waals surface area (Å²) in [7, 11) is 0. The number of nitrogens with zero attached hydrogens (tertiary/aromatic N) is 4. The van der Waals surface area contributed by atoms with Crippen LogP contribution in [0.2, 0.25) is 0 Å². The minimum atomic E-state index is 0.771. The highest BCUT2D eigenvalue weighted by atomic mass is 79.9. The summed E-state index contributed by atoms with van der Waals surface area (Å²) in [5.74, 6) is 0. The van der Waals surface area contributed by atoms with Crippen LogP contribution < -0.4 is 0 Å². The Kier molecular flexibility index (Phi) is 2.33. The molecule has 2 aromatic heterocycles. The number of rotatable bonds is 1. The van der Waals surface area contributed by atoms with E-state index in [-0.39, 0.29) is 0 Å². The largest absolute Gasteiger partial charge is 0.247 e. The second-order valence-electron chi connectivity index (χ2n) is 2.99. The molecule has 2 heterocycles. The van der Waals surface area contributed by atoms with Crippen molar-refractivity contribution in [1.82, 2.24) is 20.0 Å². The minimum absolute atomic E-state index is 0.771. The number of aryl methyl sites for hydroxylation is 1. The van der Waals surface area contributed by atoms with Gasteiger partial charge in [0, 0.05) is 6.20 Å². The lowest BCUT2D eigenvalue weighted by molar-refractivity contribution is 0.777. The van der Waals surface area contributed by atoms with Crippen molar-refractivity contribution < 1.29 is 0 Å². The van der Waals surface area contributed by atoms with Gasteiger partial charge in [-0.1, -0.05) is 5.21 Å². The van der Waals surface area contributed by atoms with Gasteiger partial charge in [0.2, 0.25) is 0 Å². The van der Waals surface area contributed by atoms with Crippen molar-refractivity contribution in [2.45, 2.75) is 13.8 Å². The van der Waals surface area contributed by atoms with Crippen molar-refractivity contribution in [3.8, 4) is 5.69 Å². The highest BCUT2D eigenvalue weighted by Gasteiger charge is 2.08. The molecule has 0 N–H and O–H groups in total. The molecule has 72 valence electrons. The summed E-state index contributed by atoms with van der Waals surface area (Å²) >= 11 is 3.38. The molecule has 14 heavy (non-hydrogen) atoms. The Balaban J connectivity index is 2.60. The van der Waals surface area contributed by atoms with Gasteiger partial charge in [-0.05, 0) is 41.9 Å². The van der Waals surface area contributed by atoms with Crippen LogP contribution >= 0.6 is 15.9 Å². The molecule has 0 saturated carbocycles. The third-order valence-electron chi connectivity index (χ3n) is 2.09. The quantitative estimate of drug-likeness (QED) is 0.730. The lowest BCUT2D eigenvalue weighted by Crippen LogP contribution is -2.01. The molecule has 4 nitrogen and oxygen atoms in total. The summed E-state index contributed by atoms with van der Waals surface area (Å²) in [6.45, 7) is 3.91. The number of aromatic nitrogens is 4. The van der Waals surface area contributed by atoms with Gasteiger partial charge < -0.3 is 0 Å². The highest BCUT2D eigenvalue weighted by molar-refractivity contribution is 9.10. The summed E-state index contributed by atoms with van der Waals surface area (Å²) in [6, 6.07) is 3.81. The van der Waals surface area contributed by atoms with Gasteiger partial charge in [-0.3, -0.25) is 0 Å². The van der Waals surface area contributed by atoms with Crippen LogP contribution in [-0.2, 0) is 0 Å². The Morgan fingerprint density at radius 2 is 2.14 bits per heavy atom. The van der Waals surface area contributed by atoms with E-state index in [9.17, 15) is 0 Å². The maximum atomic E-state index is 4.13. The molecule has 0 saturated heterocycles. The second-order valence-corrected chi connectivity index (χ2v) is 3.74. The van der Waals surface area contributed by atoms with Crippen LogP contribution in [0.5, 0.6) is 0 Å². The van der Waals surface area contributed by atoms with E-state index in [0.717, 1.165) is 21.7 Å². The molecule has 0 radical (unpaired) electrons. The van der Waals surface area contributed by atoms with Gasteiger partial charge in [0.05, 0.1) is 17.1 Å². The molecule has 0 fully saturated rings. The average molecular weight is 253 g/mol. The fourth-order valence-electron chi connectivity index (χ4n) is 1.17. The van der Waals surface area contributed by atoms with Gasteiger partial charge in [0.1, 0.15) is 4.60 Å². The fraction of sp³-hybridized carbons (Fsp3) is 0.222. The van der Waals surface area contributed by atoms with Crippen LogP contribution in [0.15, 0.2) is 22.9 Å². The van der Waals surface area contributed by atoms with Crippen molar-refractivity contribution in [2.24, 2.45) is 0 Å². The predicted octanol–water partition coefficient (Wildman–Crippen LogP) is 2.04. The fourth-order valence-corrected chi connectivity index (χ4v) is 1.59. The minimum Gasteiger partial charge on any atom is -0.247 e. The van der Waals surface area contributed by atoms with Crippen LogP contribution in [0, 0.1) is 13.8 Å². The Morgan fingerprint density at radius 3 is 2.71 bits per heavy atom. The molecule has 2 aromatic rings. The first-order valence-corrected chi connectivity index (χ1v) is 4.99. The van der Waals surface area contributed by atoms with Gasteiger partial charge in [0.25, 0.3) is 0 Å². The zero-order valence-corrected chi connectivity index (χ0v) is 9.48. The Labute approximate surface area is 90.1 Å². The van der Waals surface area contributed by atoms with Gasteiger partial charge in [-0.15, -0.1) is 5.10 Å². The zero-order valence-electron chi connectivity index (χ0n) is 7.90. The Hall–Kier alpha value is -1.23. The van der Waals surface area contributed by atoms with E-state index in [2.05, 4.69) is 31.2 Å². The standard InChI is InChI=1S/C9H9BrN4/c1-6-7(2)14(13-12-6)8-4-3-5-11-9(8)10/h3-5H,1-2H3. The van der Waals surface area contributed by atoms with Gasteiger partial charge in [0.15, 0.2) is 0 Å². The lowest BCUT2D eigenvalue weighted by Gasteiger charge is -2.03. The molecule has 0 atom stereocenters. The molecule has 0 spiro atoms. The third-order valence-corrected chi connectivity index (χ3v) is 2.70.